The Morgan fingerprint density at radius 3 is 3.00 bits per heavy atom. The molecule has 1 aliphatic heterocycles. The van der Waals surface area contributed by atoms with Gasteiger partial charge in [-0.05, 0) is 36.5 Å². The van der Waals surface area contributed by atoms with Gasteiger partial charge < -0.3 is 5.32 Å². The molecule has 2 heteroatoms. The van der Waals surface area contributed by atoms with Crippen LogP contribution in [0.15, 0.2) is 30.5 Å². The zero-order chi connectivity index (χ0) is 9.97. The fourth-order valence-corrected chi connectivity index (χ4v) is 2.00. The molecule has 2 rings (SSSR count). The van der Waals surface area contributed by atoms with E-state index in [0.717, 1.165) is 25.0 Å². The van der Waals surface area contributed by atoms with Crippen molar-refractivity contribution in [2.24, 2.45) is 0 Å². The number of rotatable bonds is 2. The molecule has 1 nitrogen and oxygen atoms in total. The molecule has 0 saturated heterocycles. The van der Waals surface area contributed by atoms with Crippen LogP contribution in [0, 0.1) is 0 Å². The monoisotopic (exact) mass is 207 g/mol. The van der Waals surface area contributed by atoms with Gasteiger partial charge in [0.2, 0.25) is 0 Å². The van der Waals surface area contributed by atoms with E-state index in [2.05, 4.69) is 30.1 Å². The molecule has 0 fully saturated rings. The summed E-state index contributed by atoms with van der Waals surface area (Å²) < 4.78 is 0. The number of hydrogen-bond donors (Lipinski definition) is 1. The lowest BCUT2D eigenvalue weighted by molar-refractivity contribution is 0.913. The van der Waals surface area contributed by atoms with Gasteiger partial charge in [0.15, 0.2) is 0 Å². The molecule has 74 valence electrons. The molecule has 1 heterocycles. The van der Waals surface area contributed by atoms with Crippen LogP contribution in [0.2, 0.25) is 0 Å². The second-order valence-electron chi connectivity index (χ2n) is 3.66. The predicted molar refractivity (Wildman–Crippen MR) is 61.9 cm³/mol. The molecule has 0 radical (unpaired) electrons. The number of aryl methyl sites for hydroxylation is 2. The normalized spacial score (nSPS) is 14.8. The van der Waals surface area contributed by atoms with Crippen molar-refractivity contribution in [3.8, 4) is 0 Å². The van der Waals surface area contributed by atoms with Crippen LogP contribution >= 0.6 is 11.6 Å². The number of alkyl halides is 1. The van der Waals surface area contributed by atoms with Crippen molar-refractivity contribution in [1.29, 1.82) is 0 Å². The van der Waals surface area contributed by atoms with Crippen LogP contribution in [-0.4, -0.2) is 5.88 Å². The Hall–Kier alpha value is -0.950. The third-order valence-corrected chi connectivity index (χ3v) is 2.75. The Morgan fingerprint density at radius 2 is 2.21 bits per heavy atom. The molecule has 0 amide bonds. The van der Waals surface area contributed by atoms with Crippen LogP contribution in [0.4, 0.5) is 5.69 Å². The van der Waals surface area contributed by atoms with E-state index in [4.69, 9.17) is 11.6 Å². The molecule has 0 atom stereocenters. The van der Waals surface area contributed by atoms with Crippen molar-refractivity contribution in [3.05, 3.63) is 41.6 Å². The van der Waals surface area contributed by atoms with E-state index < -0.39 is 0 Å². The van der Waals surface area contributed by atoms with E-state index in [1.54, 1.807) is 0 Å². The average Bonchev–Trinajstić information content (AvgIpc) is 2.19. The summed E-state index contributed by atoms with van der Waals surface area (Å²) in [5, 5.41) is 3.30. The standard InChI is InChI=1S/C12H14ClN/c1-9-2-4-11-8-10(6-7-13)3-5-12(11)14-9/h3,5,8,14H,1-2,4,6-7H2. The Morgan fingerprint density at radius 1 is 1.36 bits per heavy atom. The first-order chi connectivity index (χ1) is 6.79. The molecule has 0 unspecified atom stereocenters. The highest BCUT2D eigenvalue weighted by atomic mass is 35.5. The highest BCUT2D eigenvalue weighted by Gasteiger charge is 2.10. The summed E-state index contributed by atoms with van der Waals surface area (Å²) in [5.41, 5.74) is 5.04. The zero-order valence-electron chi connectivity index (χ0n) is 8.15. The predicted octanol–water partition coefficient (Wildman–Crippen LogP) is 3.34. The molecule has 1 N–H and O–H groups in total. The fraction of sp³-hybridized carbons (Fsp3) is 0.333. The zero-order valence-corrected chi connectivity index (χ0v) is 8.90. The van der Waals surface area contributed by atoms with Gasteiger partial charge in [-0.2, -0.15) is 0 Å². The van der Waals surface area contributed by atoms with Crippen LogP contribution < -0.4 is 5.32 Å². The maximum absolute atomic E-state index is 5.71. The lowest BCUT2D eigenvalue weighted by atomic mass is 9.98. The van der Waals surface area contributed by atoms with Crippen LogP contribution in [0.5, 0.6) is 0 Å². The quantitative estimate of drug-likeness (QED) is 0.734. The molecule has 1 aliphatic rings. The third kappa shape index (κ3) is 1.93. The summed E-state index contributed by atoms with van der Waals surface area (Å²) in [7, 11) is 0. The van der Waals surface area contributed by atoms with E-state index >= 15 is 0 Å². The largest absolute Gasteiger partial charge is 0.359 e. The van der Waals surface area contributed by atoms with Crippen LogP contribution in [0.1, 0.15) is 17.5 Å². The minimum atomic E-state index is 0.693. The van der Waals surface area contributed by atoms with Gasteiger partial charge in [-0.1, -0.05) is 18.7 Å². The van der Waals surface area contributed by atoms with Crippen molar-refractivity contribution < 1.29 is 0 Å². The smallest absolute Gasteiger partial charge is 0.0414 e. The van der Waals surface area contributed by atoms with Gasteiger partial charge in [-0.15, -0.1) is 11.6 Å². The lowest BCUT2D eigenvalue weighted by Gasteiger charge is -2.20. The second kappa shape index (κ2) is 4.05. The average molecular weight is 208 g/mol. The Bertz CT molecular complexity index is 357. The second-order valence-corrected chi connectivity index (χ2v) is 4.04. The first kappa shape index (κ1) is 9.60. The van der Waals surface area contributed by atoms with Crippen molar-refractivity contribution >= 4 is 17.3 Å². The molecule has 14 heavy (non-hydrogen) atoms. The van der Waals surface area contributed by atoms with Crippen LogP contribution in [0.3, 0.4) is 0 Å². The van der Waals surface area contributed by atoms with Gasteiger partial charge >= 0.3 is 0 Å². The highest BCUT2D eigenvalue weighted by Crippen LogP contribution is 2.26. The van der Waals surface area contributed by atoms with E-state index in [1.165, 1.54) is 16.8 Å². The minimum absolute atomic E-state index is 0.693. The molecule has 1 aromatic rings. The number of halogens is 1. The van der Waals surface area contributed by atoms with Gasteiger partial charge in [0.1, 0.15) is 0 Å². The van der Waals surface area contributed by atoms with Gasteiger partial charge in [-0.25, -0.2) is 0 Å². The number of hydrogen-bond acceptors (Lipinski definition) is 1. The van der Waals surface area contributed by atoms with Crippen LogP contribution in [-0.2, 0) is 12.8 Å². The first-order valence-corrected chi connectivity index (χ1v) is 5.45. The fourth-order valence-electron chi connectivity index (χ4n) is 1.78. The Kier molecular flexibility index (Phi) is 2.78. The van der Waals surface area contributed by atoms with Gasteiger partial charge in [0.25, 0.3) is 0 Å². The lowest BCUT2D eigenvalue weighted by Crippen LogP contribution is -2.09. The highest BCUT2D eigenvalue weighted by molar-refractivity contribution is 6.17. The molecule has 0 aromatic heterocycles. The molecule has 0 aliphatic carbocycles. The van der Waals surface area contributed by atoms with E-state index in [1.807, 2.05) is 0 Å². The van der Waals surface area contributed by atoms with Crippen molar-refractivity contribution in [2.75, 3.05) is 11.2 Å². The third-order valence-electron chi connectivity index (χ3n) is 2.56. The Balaban J connectivity index is 2.26. The molecule has 0 saturated carbocycles. The van der Waals surface area contributed by atoms with E-state index in [-0.39, 0.29) is 0 Å². The number of allylic oxidation sites excluding steroid dienone is 1. The van der Waals surface area contributed by atoms with E-state index in [9.17, 15) is 0 Å². The van der Waals surface area contributed by atoms with Gasteiger partial charge in [0.05, 0.1) is 0 Å². The summed E-state index contributed by atoms with van der Waals surface area (Å²) in [4.78, 5) is 0. The summed E-state index contributed by atoms with van der Waals surface area (Å²) in [5.74, 6) is 0.693. The van der Waals surface area contributed by atoms with Crippen molar-refractivity contribution in [2.45, 2.75) is 19.3 Å². The van der Waals surface area contributed by atoms with Crippen molar-refractivity contribution in [1.82, 2.24) is 0 Å². The molecule has 0 bridgehead atoms. The molecular formula is C12H14ClN. The Labute approximate surface area is 89.8 Å². The molecule has 0 spiro atoms. The SMILES string of the molecule is C=C1CCc2cc(CCCl)ccc2N1. The topological polar surface area (TPSA) is 12.0 Å². The summed E-state index contributed by atoms with van der Waals surface area (Å²) >= 11 is 5.71. The minimum Gasteiger partial charge on any atom is -0.359 e. The maximum Gasteiger partial charge on any atom is 0.0414 e. The molecule has 1 aromatic carbocycles. The van der Waals surface area contributed by atoms with Gasteiger partial charge in [-0.3, -0.25) is 0 Å². The van der Waals surface area contributed by atoms with Crippen molar-refractivity contribution in [3.63, 3.8) is 0 Å². The summed E-state index contributed by atoms with van der Waals surface area (Å²) in [6.45, 7) is 3.94. The van der Waals surface area contributed by atoms with E-state index in [0.29, 0.717) is 5.88 Å². The number of anilines is 1. The number of fused-ring (bicyclic) bond motifs is 1. The maximum atomic E-state index is 5.71. The number of nitrogens with one attached hydrogen (secondary N) is 1. The van der Waals surface area contributed by atoms with Crippen LogP contribution in [0.25, 0.3) is 0 Å². The number of benzene rings is 1. The first-order valence-electron chi connectivity index (χ1n) is 4.92. The summed E-state index contributed by atoms with van der Waals surface area (Å²) in [6, 6.07) is 6.51. The summed E-state index contributed by atoms with van der Waals surface area (Å²) in [6.07, 6.45) is 3.09. The van der Waals surface area contributed by atoms with Gasteiger partial charge in [0, 0.05) is 17.3 Å². The molecular weight excluding hydrogens is 194 g/mol.